The molecule has 1 aromatic carbocycles. The molecule has 1 N–H and O–H groups in total. The molecular weight excluding hydrogens is 325 g/mol. The molecule has 3 aliphatic heterocycles. The smallest absolute Gasteiger partial charge is 0.317 e. The zero-order valence-corrected chi connectivity index (χ0v) is 14.3. The van der Waals surface area contributed by atoms with Gasteiger partial charge < -0.3 is 19.7 Å². The van der Waals surface area contributed by atoms with Crippen LogP contribution in [0, 0.1) is 5.82 Å². The highest BCUT2D eigenvalue weighted by Crippen LogP contribution is 2.29. The Balaban J connectivity index is 1.35. The third-order valence-corrected chi connectivity index (χ3v) is 5.29. The predicted octanol–water partition coefficient (Wildman–Crippen LogP) is 2.07. The van der Waals surface area contributed by atoms with Crippen molar-refractivity contribution in [2.45, 2.75) is 38.5 Å². The maximum Gasteiger partial charge on any atom is 0.317 e. The molecular formula is C18H24FN3O3. The number of ether oxygens (including phenoxy) is 2. The van der Waals surface area contributed by atoms with Gasteiger partial charge in [-0.25, -0.2) is 9.18 Å². The van der Waals surface area contributed by atoms with Gasteiger partial charge in [0.2, 0.25) is 0 Å². The van der Waals surface area contributed by atoms with E-state index in [1.807, 2.05) is 4.90 Å². The molecule has 0 radical (unpaired) electrons. The highest BCUT2D eigenvalue weighted by molar-refractivity contribution is 5.74. The van der Waals surface area contributed by atoms with Crippen molar-refractivity contribution < 1.29 is 18.7 Å². The number of hydrogen-bond donors (Lipinski definition) is 1. The van der Waals surface area contributed by atoms with Gasteiger partial charge in [0, 0.05) is 36.8 Å². The van der Waals surface area contributed by atoms with Crippen molar-refractivity contribution in [3.63, 3.8) is 0 Å². The Bertz CT molecular complexity index is 649. The van der Waals surface area contributed by atoms with E-state index < -0.39 is 0 Å². The SMILES string of the molecule is O=C(NCc1cc(F)cc2c1OCOC2)N1CC[C@H](N2CCCC2)C1. The monoisotopic (exact) mass is 349 g/mol. The average molecular weight is 349 g/mol. The second-order valence-electron chi connectivity index (χ2n) is 6.95. The highest BCUT2D eigenvalue weighted by atomic mass is 19.1. The van der Waals surface area contributed by atoms with Crippen molar-refractivity contribution in [1.82, 2.24) is 15.1 Å². The van der Waals surface area contributed by atoms with E-state index in [-0.39, 0.29) is 25.2 Å². The lowest BCUT2D eigenvalue weighted by Crippen LogP contribution is -2.41. The van der Waals surface area contributed by atoms with Crippen molar-refractivity contribution in [3.8, 4) is 5.75 Å². The first-order chi connectivity index (χ1) is 12.2. The number of halogens is 1. The van der Waals surface area contributed by atoms with Crippen LogP contribution in [0.15, 0.2) is 12.1 Å². The van der Waals surface area contributed by atoms with E-state index in [0.29, 0.717) is 29.5 Å². The zero-order valence-electron chi connectivity index (χ0n) is 14.3. The van der Waals surface area contributed by atoms with E-state index in [9.17, 15) is 9.18 Å². The molecule has 3 aliphatic rings. The topological polar surface area (TPSA) is 54.0 Å². The first-order valence-electron chi connectivity index (χ1n) is 8.99. The van der Waals surface area contributed by atoms with Gasteiger partial charge in [0.15, 0.2) is 6.79 Å². The minimum absolute atomic E-state index is 0.0910. The van der Waals surface area contributed by atoms with Crippen molar-refractivity contribution >= 4 is 6.03 Å². The van der Waals surface area contributed by atoms with E-state index in [1.54, 1.807) is 0 Å². The molecule has 0 saturated carbocycles. The van der Waals surface area contributed by atoms with Crippen LogP contribution in [-0.4, -0.2) is 54.8 Å². The van der Waals surface area contributed by atoms with Crippen molar-refractivity contribution in [3.05, 3.63) is 29.1 Å². The lowest BCUT2D eigenvalue weighted by molar-refractivity contribution is -0.0173. The first-order valence-corrected chi connectivity index (χ1v) is 8.99. The van der Waals surface area contributed by atoms with Gasteiger partial charge in [-0.05, 0) is 44.5 Å². The van der Waals surface area contributed by atoms with Crippen LogP contribution in [0.25, 0.3) is 0 Å². The molecule has 136 valence electrons. The van der Waals surface area contributed by atoms with Crippen molar-refractivity contribution in [1.29, 1.82) is 0 Å². The van der Waals surface area contributed by atoms with Gasteiger partial charge >= 0.3 is 6.03 Å². The molecule has 1 aromatic rings. The Morgan fingerprint density at radius 2 is 2.12 bits per heavy atom. The van der Waals surface area contributed by atoms with E-state index >= 15 is 0 Å². The van der Waals surface area contributed by atoms with Crippen molar-refractivity contribution in [2.24, 2.45) is 0 Å². The summed E-state index contributed by atoms with van der Waals surface area (Å²) in [5, 5.41) is 2.91. The zero-order chi connectivity index (χ0) is 17.2. The van der Waals surface area contributed by atoms with Crippen LogP contribution in [0.3, 0.4) is 0 Å². The molecule has 0 bridgehead atoms. The number of carbonyl (C=O) groups is 1. The van der Waals surface area contributed by atoms with Crippen LogP contribution < -0.4 is 10.1 Å². The molecule has 0 aromatic heterocycles. The van der Waals surface area contributed by atoms with Gasteiger partial charge in [-0.1, -0.05) is 0 Å². The molecule has 2 amide bonds. The minimum atomic E-state index is -0.340. The number of amides is 2. The summed E-state index contributed by atoms with van der Waals surface area (Å²) in [6.45, 7) is 4.59. The third kappa shape index (κ3) is 3.57. The Morgan fingerprint density at radius 3 is 2.96 bits per heavy atom. The molecule has 0 aliphatic carbocycles. The summed E-state index contributed by atoms with van der Waals surface area (Å²) in [7, 11) is 0. The van der Waals surface area contributed by atoms with Gasteiger partial charge in [0.1, 0.15) is 11.6 Å². The Labute approximate surface area is 146 Å². The lowest BCUT2D eigenvalue weighted by atomic mass is 10.1. The van der Waals surface area contributed by atoms with Crippen molar-refractivity contribution in [2.75, 3.05) is 33.0 Å². The molecule has 7 heteroatoms. The third-order valence-electron chi connectivity index (χ3n) is 5.29. The van der Waals surface area contributed by atoms with Gasteiger partial charge in [-0.15, -0.1) is 0 Å². The maximum absolute atomic E-state index is 13.8. The van der Waals surface area contributed by atoms with Gasteiger partial charge in [-0.2, -0.15) is 0 Å². The summed E-state index contributed by atoms with van der Waals surface area (Å²) in [5.74, 6) is 0.289. The Hall–Kier alpha value is -1.86. The summed E-state index contributed by atoms with van der Waals surface area (Å²) in [6.07, 6.45) is 3.55. The van der Waals surface area contributed by atoms with Crippen LogP contribution >= 0.6 is 0 Å². The number of fused-ring (bicyclic) bond motifs is 1. The van der Waals surface area contributed by atoms with Gasteiger partial charge in [-0.3, -0.25) is 4.90 Å². The van der Waals surface area contributed by atoms with Crippen LogP contribution in [0.4, 0.5) is 9.18 Å². The van der Waals surface area contributed by atoms with Gasteiger partial charge in [0.05, 0.1) is 6.61 Å². The molecule has 6 nitrogen and oxygen atoms in total. The number of rotatable bonds is 3. The minimum Gasteiger partial charge on any atom is -0.467 e. The molecule has 0 unspecified atom stereocenters. The number of nitrogens with zero attached hydrogens (tertiary/aromatic N) is 2. The second kappa shape index (κ2) is 7.17. The fourth-order valence-corrected chi connectivity index (χ4v) is 4.00. The average Bonchev–Trinajstić information content (AvgIpc) is 3.30. The van der Waals surface area contributed by atoms with Gasteiger partial charge in [0.25, 0.3) is 0 Å². The molecule has 1 atom stereocenters. The molecule has 25 heavy (non-hydrogen) atoms. The van der Waals surface area contributed by atoms with Crippen LogP contribution in [0.2, 0.25) is 0 Å². The molecule has 2 fully saturated rings. The second-order valence-corrected chi connectivity index (χ2v) is 6.95. The predicted molar refractivity (Wildman–Crippen MR) is 89.7 cm³/mol. The fraction of sp³-hybridized carbons (Fsp3) is 0.611. The largest absolute Gasteiger partial charge is 0.467 e. The Kier molecular flexibility index (Phi) is 4.76. The quantitative estimate of drug-likeness (QED) is 0.908. The first kappa shape index (κ1) is 16.6. The summed E-state index contributed by atoms with van der Waals surface area (Å²) in [6, 6.07) is 3.23. The van der Waals surface area contributed by atoms with E-state index in [1.165, 1.54) is 25.0 Å². The highest BCUT2D eigenvalue weighted by Gasteiger charge is 2.31. The van der Waals surface area contributed by atoms with E-state index in [4.69, 9.17) is 9.47 Å². The molecule has 2 saturated heterocycles. The lowest BCUT2D eigenvalue weighted by Gasteiger charge is -2.24. The number of hydrogen-bond acceptors (Lipinski definition) is 4. The summed E-state index contributed by atoms with van der Waals surface area (Å²) >= 11 is 0. The van der Waals surface area contributed by atoms with E-state index in [2.05, 4.69) is 10.2 Å². The summed E-state index contributed by atoms with van der Waals surface area (Å²) in [4.78, 5) is 16.8. The number of urea groups is 1. The standard InChI is InChI=1S/C18H24FN3O3/c19-15-7-13(17-14(8-15)11-24-12-25-17)9-20-18(23)22-6-3-16(10-22)21-4-1-2-5-21/h7-8,16H,1-6,9-12H2,(H,20,23)/t16-/m0/s1. The number of carbonyl (C=O) groups excluding carboxylic acids is 1. The van der Waals surface area contributed by atoms with E-state index in [0.717, 1.165) is 32.6 Å². The summed E-state index contributed by atoms with van der Waals surface area (Å²) < 4.78 is 24.4. The van der Waals surface area contributed by atoms with Crippen LogP contribution in [0.1, 0.15) is 30.4 Å². The summed E-state index contributed by atoms with van der Waals surface area (Å²) in [5.41, 5.74) is 1.34. The normalized spacial score (nSPS) is 23.4. The maximum atomic E-state index is 13.8. The fourth-order valence-electron chi connectivity index (χ4n) is 4.00. The number of benzene rings is 1. The number of likely N-dealkylation sites (tertiary alicyclic amines) is 2. The molecule has 3 heterocycles. The molecule has 4 rings (SSSR count). The van der Waals surface area contributed by atoms with Crippen LogP contribution in [0.5, 0.6) is 5.75 Å². The number of nitrogens with one attached hydrogen (secondary N) is 1. The Morgan fingerprint density at radius 1 is 1.28 bits per heavy atom. The molecule has 0 spiro atoms. The van der Waals surface area contributed by atoms with Crippen LogP contribution in [-0.2, 0) is 17.9 Å².